The maximum Gasteiger partial charge on any atom is 0.327 e. The van der Waals surface area contributed by atoms with Gasteiger partial charge in [-0.05, 0) is 12.1 Å². The summed E-state index contributed by atoms with van der Waals surface area (Å²) in [6.45, 7) is 0.158. The van der Waals surface area contributed by atoms with Crippen molar-refractivity contribution in [2.75, 3.05) is 20.1 Å². The van der Waals surface area contributed by atoms with Gasteiger partial charge < -0.3 is 10.6 Å². The van der Waals surface area contributed by atoms with Crippen molar-refractivity contribution in [3.63, 3.8) is 0 Å². The lowest BCUT2D eigenvalue weighted by molar-refractivity contribution is -0.125. The van der Waals surface area contributed by atoms with Gasteiger partial charge >= 0.3 is 6.03 Å². The minimum Gasteiger partial charge on any atom is -0.320 e. The number of likely N-dealkylation sites (N-methyl/N-ethyl adjacent to an activating group) is 1. The summed E-state index contributed by atoms with van der Waals surface area (Å²) in [5, 5.41) is 0. The monoisotopic (exact) mass is 275 g/mol. The number of hydrogen-bond acceptors (Lipinski definition) is 3. The van der Waals surface area contributed by atoms with E-state index < -0.39 is 11.8 Å². The zero-order valence-electron chi connectivity index (χ0n) is 11.0. The van der Waals surface area contributed by atoms with E-state index in [1.54, 1.807) is 6.07 Å². The van der Waals surface area contributed by atoms with Gasteiger partial charge in [0.25, 0.3) is 5.91 Å². The Morgan fingerprint density at radius 3 is 2.70 bits per heavy atom. The number of carbonyl (C=O) groups excluding carboxylic acids is 2. The molecule has 1 aromatic carbocycles. The van der Waals surface area contributed by atoms with Gasteiger partial charge in [0.2, 0.25) is 0 Å². The molecule has 0 spiro atoms. The van der Waals surface area contributed by atoms with Crippen molar-refractivity contribution in [2.45, 2.75) is 6.54 Å². The van der Waals surface area contributed by atoms with Crippen molar-refractivity contribution in [1.29, 1.82) is 0 Å². The van der Waals surface area contributed by atoms with Crippen molar-refractivity contribution < 1.29 is 14.0 Å². The molecule has 1 aromatic rings. The normalized spacial score (nSPS) is 14.6. The highest BCUT2D eigenvalue weighted by atomic mass is 19.1. The van der Waals surface area contributed by atoms with Crippen molar-refractivity contribution in [2.24, 2.45) is 5.73 Å². The fourth-order valence-electron chi connectivity index (χ4n) is 1.90. The van der Waals surface area contributed by atoms with Gasteiger partial charge in [0, 0.05) is 18.2 Å². The highest BCUT2D eigenvalue weighted by molar-refractivity contribution is 6.01. The van der Waals surface area contributed by atoms with Gasteiger partial charge in [-0.1, -0.05) is 17.9 Å². The van der Waals surface area contributed by atoms with Crippen LogP contribution in [0.3, 0.4) is 0 Å². The number of halogens is 1. The average molecular weight is 275 g/mol. The fourth-order valence-corrected chi connectivity index (χ4v) is 1.90. The molecule has 0 aliphatic carbocycles. The molecule has 0 aromatic heterocycles. The maximum absolute atomic E-state index is 13.9. The molecular formula is C14H14FN3O2. The van der Waals surface area contributed by atoms with E-state index in [0.29, 0.717) is 5.56 Å². The third-order valence-electron chi connectivity index (χ3n) is 2.95. The molecule has 6 heteroatoms. The van der Waals surface area contributed by atoms with E-state index in [1.165, 1.54) is 24.1 Å². The van der Waals surface area contributed by atoms with E-state index >= 15 is 0 Å². The number of nitrogens with zero attached hydrogens (tertiary/aromatic N) is 2. The lowest BCUT2D eigenvalue weighted by Crippen LogP contribution is -2.31. The Morgan fingerprint density at radius 1 is 1.40 bits per heavy atom. The molecule has 1 aliphatic rings. The first-order valence-corrected chi connectivity index (χ1v) is 6.05. The Hall–Kier alpha value is -2.39. The number of hydrogen-bond donors (Lipinski definition) is 1. The predicted molar refractivity (Wildman–Crippen MR) is 70.9 cm³/mol. The first-order valence-electron chi connectivity index (χ1n) is 6.05. The smallest absolute Gasteiger partial charge is 0.320 e. The van der Waals surface area contributed by atoms with E-state index in [-0.39, 0.29) is 31.1 Å². The minimum absolute atomic E-state index is 0.0283. The molecule has 2 N–H and O–H groups in total. The summed E-state index contributed by atoms with van der Waals surface area (Å²) in [4.78, 5) is 25.7. The Labute approximate surface area is 116 Å². The lowest BCUT2D eigenvalue weighted by Gasteiger charge is -2.14. The third kappa shape index (κ3) is 2.78. The van der Waals surface area contributed by atoms with Crippen LogP contribution < -0.4 is 5.73 Å². The Kier molecular flexibility index (Phi) is 4.01. The zero-order valence-corrected chi connectivity index (χ0v) is 11.0. The maximum atomic E-state index is 13.9. The third-order valence-corrected chi connectivity index (χ3v) is 2.95. The SMILES string of the molecule is CN1CC(=O)N(Cc2ccc(C#CCN)cc2F)C1=O. The van der Waals surface area contributed by atoms with Gasteiger partial charge in [0.1, 0.15) is 12.4 Å². The van der Waals surface area contributed by atoms with Crippen molar-refractivity contribution in [1.82, 2.24) is 9.80 Å². The molecule has 5 nitrogen and oxygen atoms in total. The molecule has 104 valence electrons. The first-order chi connectivity index (χ1) is 9.52. The van der Waals surface area contributed by atoms with Crippen molar-refractivity contribution in [3.8, 4) is 11.8 Å². The van der Waals surface area contributed by atoms with Crippen LogP contribution in [0.15, 0.2) is 18.2 Å². The molecule has 0 saturated carbocycles. The first kappa shape index (κ1) is 14.0. The number of carbonyl (C=O) groups is 2. The van der Waals surface area contributed by atoms with Crippen LogP contribution >= 0.6 is 0 Å². The van der Waals surface area contributed by atoms with Gasteiger partial charge in [-0.2, -0.15) is 0 Å². The van der Waals surface area contributed by atoms with Crippen LogP contribution in [-0.4, -0.2) is 41.9 Å². The van der Waals surface area contributed by atoms with Gasteiger partial charge in [-0.15, -0.1) is 0 Å². The molecular weight excluding hydrogens is 261 g/mol. The number of imide groups is 1. The van der Waals surface area contributed by atoms with Crippen LogP contribution in [0.25, 0.3) is 0 Å². The van der Waals surface area contributed by atoms with Crippen molar-refractivity contribution in [3.05, 3.63) is 35.1 Å². The Morgan fingerprint density at radius 2 is 2.15 bits per heavy atom. The summed E-state index contributed by atoms with van der Waals surface area (Å²) >= 11 is 0. The minimum atomic E-state index is -0.496. The van der Waals surface area contributed by atoms with E-state index in [9.17, 15) is 14.0 Å². The fraction of sp³-hybridized carbons (Fsp3) is 0.286. The molecule has 0 atom stereocenters. The molecule has 0 bridgehead atoms. The number of rotatable bonds is 2. The van der Waals surface area contributed by atoms with Gasteiger partial charge in [0.15, 0.2) is 0 Å². The molecule has 1 fully saturated rings. The molecule has 1 saturated heterocycles. The molecule has 1 aliphatic heterocycles. The molecule has 0 radical (unpaired) electrons. The summed E-state index contributed by atoms with van der Waals surface area (Å²) in [5.41, 5.74) is 6.03. The summed E-state index contributed by atoms with van der Waals surface area (Å²) in [5.74, 6) is 4.52. The second-order valence-corrected chi connectivity index (χ2v) is 4.43. The number of nitrogens with two attached hydrogens (primary N) is 1. The molecule has 2 rings (SSSR count). The summed E-state index contributed by atoms with van der Waals surface area (Å²) in [6, 6.07) is 4.01. The van der Waals surface area contributed by atoms with Gasteiger partial charge in [0.05, 0.1) is 13.1 Å². The zero-order chi connectivity index (χ0) is 14.7. The Balaban J connectivity index is 2.18. The molecule has 3 amide bonds. The van der Waals surface area contributed by atoms with E-state index in [1.807, 2.05) is 0 Å². The topological polar surface area (TPSA) is 66.6 Å². The number of amides is 3. The van der Waals surface area contributed by atoms with E-state index in [2.05, 4.69) is 11.8 Å². The Bertz CT molecular complexity index is 619. The van der Waals surface area contributed by atoms with E-state index in [4.69, 9.17) is 5.73 Å². The molecule has 20 heavy (non-hydrogen) atoms. The van der Waals surface area contributed by atoms with Crippen LogP contribution in [0.1, 0.15) is 11.1 Å². The van der Waals surface area contributed by atoms with Crippen LogP contribution in [0.4, 0.5) is 9.18 Å². The van der Waals surface area contributed by atoms with Gasteiger partial charge in [-0.3, -0.25) is 9.69 Å². The molecule has 0 unspecified atom stereocenters. The highest BCUT2D eigenvalue weighted by Gasteiger charge is 2.33. The highest BCUT2D eigenvalue weighted by Crippen LogP contribution is 2.16. The van der Waals surface area contributed by atoms with Crippen LogP contribution in [0, 0.1) is 17.7 Å². The van der Waals surface area contributed by atoms with Crippen LogP contribution in [0.2, 0.25) is 0 Å². The largest absolute Gasteiger partial charge is 0.327 e. The van der Waals surface area contributed by atoms with E-state index in [0.717, 1.165) is 4.90 Å². The predicted octanol–water partition coefficient (Wildman–Crippen LogP) is 0.530. The number of benzene rings is 1. The van der Waals surface area contributed by atoms with Crippen LogP contribution in [0.5, 0.6) is 0 Å². The molecule has 1 heterocycles. The summed E-state index contributed by atoms with van der Waals surface area (Å²) in [6.07, 6.45) is 0. The van der Waals surface area contributed by atoms with Gasteiger partial charge in [-0.25, -0.2) is 9.18 Å². The van der Waals surface area contributed by atoms with Crippen LogP contribution in [-0.2, 0) is 11.3 Å². The summed E-state index contributed by atoms with van der Waals surface area (Å²) in [7, 11) is 1.53. The average Bonchev–Trinajstić information content (AvgIpc) is 2.65. The standard InChI is InChI=1S/C14H14FN3O2/c1-17-9-13(19)18(14(17)20)8-11-5-4-10(3-2-6-16)7-12(11)15/h4-5,7H,6,8-9,16H2,1H3. The quantitative estimate of drug-likeness (QED) is 0.632. The lowest BCUT2D eigenvalue weighted by atomic mass is 10.1. The summed E-state index contributed by atoms with van der Waals surface area (Å²) < 4.78 is 13.9. The second kappa shape index (κ2) is 5.72. The number of urea groups is 1. The van der Waals surface area contributed by atoms with Crippen molar-refractivity contribution >= 4 is 11.9 Å². The second-order valence-electron chi connectivity index (χ2n) is 4.43.